The Morgan fingerprint density at radius 3 is 2.38 bits per heavy atom. The van der Waals surface area contributed by atoms with Crippen LogP contribution in [0.15, 0.2) is 48.7 Å². The number of rotatable bonds is 14. The Labute approximate surface area is 219 Å². The molecule has 3 rings (SSSR count). The molecule has 1 heterocycles. The number of hydrogen-bond acceptors (Lipinski definition) is 5. The highest BCUT2D eigenvalue weighted by Gasteiger charge is 2.23. The molecular weight excluding hydrogens is 470 g/mol. The standard InChI is InChI=1S/C29H39N3O5/c1-21(2)16-28(33)32(14-15-35-3)20-29(34)31(19-22-10-11-26(36-4)27(17-22)37-5)13-12-23-18-30-25-9-7-6-8-24(23)25/h6-11,17-18,21,30H,12-16,19-20H2,1-5H3. The maximum absolute atomic E-state index is 13.6. The van der Waals surface area contributed by atoms with Gasteiger partial charge in [-0.3, -0.25) is 9.59 Å². The molecule has 1 N–H and O–H groups in total. The summed E-state index contributed by atoms with van der Waals surface area (Å²) in [6.45, 7) is 5.65. The van der Waals surface area contributed by atoms with E-state index < -0.39 is 0 Å². The van der Waals surface area contributed by atoms with Gasteiger partial charge in [0, 0.05) is 50.3 Å². The fourth-order valence-electron chi connectivity index (χ4n) is 4.32. The third-order valence-corrected chi connectivity index (χ3v) is 6.33. The van der Waals surface area contributed by atoms with Crippen LogP contribution < -0.4 is 9.47 Å². The first-order chi connectivity index (χ1) is 17.9. The lowest BCUT2D eigenvalue weighted by atomic mass is 10.1. The van der Waals surface area contributed by atoms with Gasteiger partial charge in [-0.1, -0.05) is 38.1 Å². The second-order valence-electron chi connectivity index (χ2n) is 9.52. The quantitative estimate of drug-likeness (QED) is 0.351. The number of carbonyl (C=O) groups is 2. The highest BCUT2D eigenvalue weighted by atomic mass is 16.5. The van der Waals surface area contributed by atoms with Crippen LogP contribution in [-0.4, -0.2) is 74.2 Å². The number of aromatic amines is 1. The van der Waals surface area contributed by atoms with Crippen LogP contribution in [0.1, 0.15) is 31.4 Å². The number of methoxy groups -OCH3 is 3. The van der Waals surface area contributed by atoms with Crippen LogP contribution in [0.3, 0.4) is 0 Å². The van der Waals surface area contributed by atoms with Crippen molar-refractivity contribution in [3.05, 3.63) is 59.8 Å². The lowest BCUT2D eigenvalue weighted by Crippen LogP contribution is -2.44. The summed E-state index contributed by atoms with van der Waals surface area (Å²) < 4.78 is 16.0. The molecule has 0 saturated heterocycles. The van der Waals surface area contributed by atoms with E-state index in [9.17, 15) is 9.59 Å². The second kappa shape index (κ2) is 13.7. The molecule has 200 valence electrons. The van der Waals surface area contributed by atoms with E-state index in [1.54, 1.807) is 26.2 Å². The van der Waals surface area contributed by atoms with Crippen molar-refractivity contribution in [2.75, 3.05) is 47.6 Å². The molecule has 2 amide bonds. The molecule has 37 heavy (non-hydrogen) atoms. The van der Waals surface area contributed by atoms with Crippen molar-refractivity contribution >= 4 is 22.7 Å². The number of H-pyrrole nitrogens is 1. The molecule has 8 nitrogen and oxygen atoms in total. The van der Waals surface area contributed by atoms with E-state index >= 15 is 0 Å². The highest BCUT2D eigenvalue weighted by Crippen LogP contribution is 2.28. The van der Waals surface area contributed by atoms with Gasteiger partial charge in [-0.2, -0.15) is 0 Å². The van der Waals surface area contributed by atoms with Gasteiger partial charge >= 0.3 is 0 Å². The first-order valence-electron chi connectivity index (χ1n) is 12.7. The molecule has 0 radical (unpaired) electrons. The molecule has 8 heteroatoms. The number of nitrogens with zero attached hydrogens (tertiary/aromatic N) is 2. The molecule has 0 bridgehead atoms. The summed E-state index contributed by atoms with van der Waals surface area (Å²) in [4.78, 5) is 33.3. The molecule has 0 spiro atoms. The fraction of sp³-hybridized carbons (Fsp3) is 0.448. The van der Waals surface area contributed by atoms with E-state index in [0.29, 0.717) is 50.6 Å². The normalized spacial score (nSPS) is 11.1. The number of ether oxygens (including phenoxy) is 3. The fourth-order valence-corrected chi connectivity index (χ4v) is 4.32. The number of aromatic nitrogens is 1. The Bertz CT molecular complexity index is 1170. The molecule has 2 aromatic carbocycles. The minimum Gasteiger partial charge on any atom is -0.493 e. The Hall–Kier alpha value is -3.52. The van der Waals surface area contributed by atoms with Crippen molar-refractivity contribution in [2.24, 2.45) is 5.92 Å². The van der Waals surface area contributed by atoms with Crippen LogP contribution >= 0.6 is 0 Å². The molecule has 0 aliphatic rings. The SMILES string of the molecule is COCCN(CC(=O)N(CCc1c[nH]c2ccccc12)Cc1ccc(OC)c(OC)c1)C(=O)CC(C)C. The van der Waals surface area contributed by atoms with Gasteiger partial charge in [-0.05, 0) is 41.7 Å². The zero-order valence-corrected chi connectivity index (χ0v) is 22.6. The van der Waals surface area contributed by atoms with Gasteiger partial charge in [0.2, 0.25) is 11.8 Å². The molecule has 0 aliphatic carbocycles. The predicted octanol–water partition coefficient (Wildman–Crippen LogP) is 4.28. The summed E-state index contributed by atoms with van der Waals surface area (Å²) in [5.41, 5.74) is 3.13. The summed E-state index contributed by atoms with van der Waals surface area (Å²) in [6.07, 6.45) is 3.07. The lowest BCUT2D eigenvalue weighted by Gasteiger charge is -2.28. The van der Waals surface area contributed by atoms with Gasteiger partial charge < -0.3 is 29.0 Å². The summed E-state index contributed by atoms with van der Waals surface area (Å²) >= 11 is 0. The number of carbonyl (C=O) groups excluding carboxylic acids is 2. The molecule has 0 aliphatic heterocycles. The number of hydrogen-bond donors (Lipinski definition) is 1. The molecule has 1 aromatic heterocycles. The van der Waals surface area contributed by atoms with E-state index in [4.69, 9.17) is 14.2 Å². The molecule has 3 aromatic rings. The molecule has 0 fully saturated rings. The zero-order chi connectivity index (χ0) is 26.8. The van der Waals surface area contributed by atoms with Gasteiger partial charge in [-0.15, -0.1) is 0 Å². The minimum atomic E-state index is -0.108. The lowest BCUT2D eigenvalue weighted by molar-refractivity contribution is -0.141. The van der Waals surface area contributed by atoms with Gasteiger partial charge in [0.15, 0.2) is 11.5 Å². The van der Waals surface area contributed by atoms with E-state index in [2.05, 4.69) is 11.1 Å². The van der Waals surface area contributed by atoms with E-state index in [1.165, 1.54) is 0 Å². The van der Waals surface area contributed by atoms with Gasteiger partial charge in [0.25, 0.3) is 0 Å². The van der Waals surface area contributed by atoms with Crippen molar-refractivity contribution in [1.29, 1.82) is 0 Å². The number of nitrogens with one attached hydrogen (secondary N) is 1. The van der Waals surface area contributed by atoms with E-state index in [0.717, 1.165) is 22.0 Å². The largest absolute Gasteiger partial charge is 0.493 e. The van der Waals surface area contributed by atoms with Gasteiger partial charge in [-0.25, -0.2) is 0 Å². The van der Waals surface area contributed by atoms with Crippen molar-refractivity contribution in [2.45, 2.75) is 33.2 Å². The van der Waals surface area contributed by atoms with Crippen LogP contribution in [0.25, 0.3) is 10.9 Å². The van der Waals surface area contributed by atoms with E-state index in [1.807, 2.05) is 61.3 Å². The summed E-state index contributed by atoms with van der Waals surface area (Å²) in [6, 6.07) is 13.8. The number of fused-ring (bicyclic) bond motifs is 1. The Balaban J connectivity index is 1.83. The van der Waals surface area contributed by atoms with Crippen molar-refractivity contribution in [3.8, 4) is 11.5 Å². The second-order valence-corrected chi connectivity index (χ2v) is 9.52. The number of amides is 2. The summed E-state index contributed by atoms with van der Waals surface area (Å²) in [7, 11) is 4.78. The van der Waals surface area contributed by atoms with Gasteiger partial charge in [0.05, 0.1) is 27.4 Å². The van der Waals surface area contributed by atoms with Crippen LogP contribution in [0.4, 0.5) is 0 Å². The highest BCUT2D eigenvalue weighted by molar-refractivity contribution is 5.85. The Morgan fingerprint density at radius 2 is 1.68 bits per heavy atom. The molecule has 0 saturated carbocycles. The van der Waals surface area contributed by atoms with E-state index in [-0.39, 0.29) is 24.3 Å². The Morgan fingerprint density at radius 1 is 0.919 bits per heavy atom. The first kappa shape index (κ1) is 28.1. The van der Waals surface area contributed by atoms with Crippen LogP contribution in [-0.2, 0) is 27.3 Å². The number of benzene rings is 2. The number of para-hydroxylation sites is 1. The van der Waals surface area contributed by atoms with Crippen molar-refractivity contribution in [3.63, 3.8) is 0 Å². The molecule has 0 unspecified atom stereocenters. The zero-order valence-electron chi connectivity index (χ0n) is 22.6. The first-order valence-corrected chi connectivity index (χ1v) is 12.7. The average Bonchev–Trinajstić information content (AvgIpc) is 3.31. The van der Waals surface area contributed by atoms with Crippen molar-refractivity contribution in [1.82, 2.24) is 14.8 Å². The van der Waals surface area contributed by atoms with Crippen LogP contribution in [0.5, 0.6) is 11.5 Å². The maximum Gasteiger partial charge on any atom is 0.242 e. The monoisotopic (exact) mass is 509 g/mol. The van der Waals surface area contributed by atoms with Crippen LogP contribution in [0, 0.1) is 5.92 Å². The third-order valence-electron chi connectivity index (χ3n) is 6.33. The smallest absolute Gasteiger partial charge is 0.242 e. The Kier molecular flexibility index (Phi) is 10.4. The predicted molar refractivity (Wildman–Crippen MR) is 145 cm³/mol. The third kappa shape index (κ3) is 7.73. The summed E-state index contributed by atoms with van der Waals surface area (Å²) in [5, 5.41) is 1.15. The summed E-state index contributed by atoms with van der Waals surface area (Å²) in [5.74, 6) is 1.30. The average molecular weight is 510 g/mol. The minimum absolute atomic E-state index is 0.0100. The molecule has 0 atom stereocenters. The van der Waals surface area contributed by atoms with Gasteiger partial charge in [0.1, 0.15) is 0 Å². The maximum atomic E-state index is 13.6. The van der Waals surface area contributed by atoms with Crippen LogP contribution in [0.2, 0.25) is 0 Å². The van der Waals surface area contributed by atoms with Crippen molar-refractivity contribution < 1.29 is 23.8 Å². The topological polar surface area (TPSA) is 84.1 Å². The molecular formula is C29H39N3O5.